The monoisotopic (exact) mass is 409 g/mol. The lowest BCUT2D eigenvalue weighted by atomic mass is 9.97. The Hall–Kier alpha value is -0.300. The van der Waals surface area contributed by atoms with Gasteiger partial charge in [0.2, 0.25) is 0 Å². The van der Waals surface area contributed by atoms with E-state index in [9.17, 15) is 0 Å². The molecule has 0 amide bonds. The van der Waals surface area contributed by atoms with Gasteiger partial charge in [0, 0.05) is 26.7 Å². The Bertz CT molecular complexity index is 317. The molecular weight excluding hydrogens is 377 g/mol. The van der Waals surface area contributed by atoms with Gasteiger partial charge in [-0.1, -0.05) is 11.6 Å². The molecule has 0 bridgehead atoms. The van der Waals surface area contributed by atoms with Crippen LogP contribution in [-0.4, -0.2) is 38.8 Å². The molecule has 0 saturated carbocycles. The molecule has 1 aliphatic rings. The van der Waals surface area contributed by atoms with Crippen LogP contribution in [0.2, 0.25) is 0 Å². The average molecular weight is 409 g/mol. The summed E-state index contributed by atoms with van der Waals surface area (Å²) in [6.07, 6.45) is 10.1. The number of aliphatic imine (C=N–C) groups is 1. The van der Waals surface area contributed by atoms with Crippen molar-refractivity contribution < 1.29 is 4.74 Å². The predicted molar refractivity (Wildman–Crippen MR) is 102 cm³/mol. The lowest BCUT2D eigenvalue weighted by Gasteiger charge is -2.15. The highest BCUT2D eigenvalue weighted by molar-refractivity contribution is 14.0. The van der Waals surface area contributed by atoms with Crippen LogP contribution in [0.5, 0.6) is 0 Å². The van der Waals surface area contributed by atoms with Gasteiger partial charge in [0.05, 0.1) is 6.10 Å². The lowest BCUT2D eigenvalue weighted by Crippen LogP contribution is -2.38. The highest BCUT2D eigenvalue weighted by atomic mass is 127. The van der Waals surface area contributed by atoms with Gasteiger partial charge in [-0.3, -0.25) is 4.99 Å². The standard InChI is InChI=1S/C16H31N3O.HI/c1-14(2)20-13-7-11-18-16(17-3)19-12-10-15-8-5-4-6-9-15;/h8,14H,4-7,9-13H2,1-3H3,(H2,17,18,19);1H. The van der Waals surface area contributed by atoms with Gasteiger partial charge in [-0.25, -0.2) is 0 Å². The number of ether oxygens (including phenoxy) is 1. The zero-order valence-electron chi connectivity index (χ0n) is 13.8. The first kappa shape index (κ1) is 20.7. The van der Waals surface area contributed by atoms with E-state index in [4.69, 9.17) is 4.74 Å². The van der Waals surface area contributed by atoms with Gasteiger partial charge in [0.15, 0.2) is 5.96 Å². The molecular formula is C16H32IN3O. The molecule has 1 aliphatic carbocycles. The van der Waals surface area contributed by atoms with Crippen LogP contribution in [0.3, 0.4) is 0 Å². The Morgan fingerprint density at radius 1 is 1.29 bits per heavy atom. The van der Waals surface area contributed by atoms with E-state index in [1.165, 1.54) is 25.7 Å². The van der Waals surface area contributed by atoms with Crippen molar-refractivity contribution in [3.8, 4) is 0 Å². The lowest BCUT2D eigenvalue weighted by molar-refractivity contribution is 0.0776. The smallest absolute Gasteiger partial charge is 0.190 e. The number of guanidine groups is 1. The Balaban J connectivity index is 0.00000400. The summed E-state index contributed by atoms with van der Waals surface area (Å²) in [4.78, 5) is 4.24. The summed E-state index contributed by atoms with van der Waals surface area (Å²) in [5.41, 5.74) is 1.60. The van der Waals surface area contributed by atoms with E-state index in [-0.39, 0.29) is 24.0 Å². The van der Waals surface area contributed by atoms with Crippen LogP contribution in [0, 0.1) is 0 Å². The van der Waals surface area contributed by atoms with E-state index < -0.39 is 0 Å². The Morgan fingerprint density at radius 3 is 2.67 bits per heavy atom. The summed E-state index contributed by atoms with van der Waals surface area (Å²) >= 11 is 0. The van der Waals surface area contributed by atoms with Crippen molar-refractivity contribution in [2.24, 2.45) is 4.99 Å². The molecule has 0 saturated heterocycles. The van der Waals surface area contributed by atoms with Crippen LogP contribution in [0.1, 0.15) is 52.4 Å². The maximum absolute atomic E-state index is 5.51. The first-order valence-corrected chi connectivity index (χ1v) is 7.96. The molecule has 4 nitrogen and oxygen atoms in total. The summed E-state index contributed by atoms with van der Waals surface area (Å²) in [6, 6.07) is 0. The zero-order chi connectivity index (χ0) is 14.6. The maximum atomic E-state index is 5.51. The van der Waals surface area contributed by atoms with Crippen molar-refractivity contribution in [1.29, 1.82) is 0 Å². The van der Waals surface area contributed by atoms with Crippen LogP contribution >= 0.6 is 24.0 Å². The number of halogens is 1. The largest absolute Gasteiger partial charge is 0.379 e. The van der Waals surface area contributed by atoms with Gasteiger partial charge in [-0.15, -0.1) is 24.0 Å². The van der Waals surface area contributed by atoms with Crippen molar-refractivity contribution in [2.75, 3.05) is 26.7 Å². The summed E-state index contributed by atoms with van der Waals surface area (Å²) in [6.45, 7) is 6.79. The summed E-state index contributed by atoms with van der Waals surface area (Å²) < 4.78 is 5.51. The fourth-order valence-corrected chi connectivity index (χ4v) is 2.29. The molecule has 0 aliphatic heterocycles. The molecule has 0 fully saturated rings. The van der Waals surface area contributed by atoms with Gasteiger partial charge in [-0.2, -0.15) is 0 Å². The quantitative estimate of drug-likeness (QED) is 0.212. The molecule has 0 atom stereocenters. The normalized spacial score (nSPS) is 15.4. The minimum Gasteiger partial charge on any atom is -0.379 e. The molecule has 0 unspecified atom stereocenters. The van der Waals surface area contributed by atoms with E-state index in [0.29, 0.717) is 6.10 Å². The van der Waals surface area contributed by atoms with Crippen LogP contribution in [0.15, 0.2) is 16.6 Å². The topological polar surface area (TPSA) is 45.7 Å². The van der Waals surface area contributed by atoms with Crippen molar-refractivity contribution >= 4 is 29.9 Å². The fraction of sp³-hybridized carbons (Fsp3) is 0.812. The van der Waals surface area contributed by atoms with Crippen molar-refractivity contribution in [3.63, 3.8) is 0 Å². The van der Waals surface area contributed by atoms with Gasteiger partial charge >= 0.3 is 0 Å². The SMILES string of the molecule is CN=C(NCCCOC(C)C)NCCC1=CCCCC1.I. The van der Waals surface area contributed by atoms with Gasteiger partial charge < -0.3 is 15.4 Å². The van der Waals surface area contributed by atoms with Crippen molar-refractivity contribution in [2.45, 2.75) is 58.5 Å². The first-order valence-electron chi connectivity index (χ1n) is 7.96. The van der Waals surface area contributed by atoms with E-state index in [1.54, 1.807) is 5.57 Å². The summed E-state index contributed by atoms with van der Waals surface area (Å²) in [7, 11) is 1.82. The third kappa shape index (κ3) is 11.0. The molecule has 0 aromatic carbocycles. The molecule has 0 radical (unpaired) electrons. The Kier molecular flexibility index (Phi) is 13.2. The number of allylic oxidation sites excluding steroid dienone is 1. The maximum Gasteiger partial charge on any atom is 0.190 e. The molecule has 0 heterocycles. The molecule has 5 heteroatoms. The average Bonchev–Trinajstić information content (AvgIpc) is 2.46. The third-order valence-electron chi connectivity index (χ3n) is 3.41. The molecule has 0 aromatic heterocycles. The number of nitrogens with one attached hydrogen (secondary N) is 2. The van der Waals surface area contributed by atoms with E-state index in [2.05, 4.69) is 35.5 Å². The third-order valence-corrected chi connectivity index (χ3v) is 3.41. The second kappa shape index (κ2) is 13.4. The molecule has 2 N–H and O–H groups in total. The number of hydrogen-bond acceptors (Lipinski definition) is 2. The van der Waals surface area contributed by atoms with Gasteiger partial charge in [0.1, 0.15) is 0 Å². The van der Waals surface area contributed by atoms with Gasteiger partial charge in [0.25, 0.3) is 0 Å². The minimum atomic E-state index is 0. The van der Waals surface area contributed by atoms with E-state index in [0.717, 1.165) is 38.5 Å². The zero-order valence-corrected chi connectivity index (χ0v) is 16.1. The van der Waals surface area contributed by atoms with Crippen LogP contribution < -0.4 is 10.6 Å². The summed E-state index contributed by atoms with van der Waals surface area (Å²) in [5.74, 6) is 0.894. The minimum absolute atomic E-state index is 0. The highest BCUT2D eigenvalue weighted by Crippen LogP contribution is 2.19. The van der Waals surface area contributed by atoms with Gasteiger partial charge in [-0.05, 0) is 52.4 Å². The van der Waals surface area contributed by atoms with Crippen LogP contribution in [0.25, 0.3) is 0 Å². The number of rotatable bonds is 8. The molecule has 124 valence electrons. The highest BCUT2D eigenvalue weighted by Gasteiger charge is 2.04. The fourth-order valence-electron chi connectivity index (χ4n) is 2.29. The second-order valence-electron chi connectivity index (χ2n) is 5.56. The Morgan fingerprint density at radius 2 is 2.05 bits per heavy atom. The van der Waals surface area contributed by atoms with E-state index >= 15 is 0 Å². The molecule has 1 rings (SSSR count). The molecule has 21 heavy (non-hydrogen) atoms. The van der Waals surface area contributed by atoms with Crippen molar-refractivity contribution in [1.82, 2.24) is 10.6 Å². The van der Waals surface area contributed by atoms with E-state index in [1.807, 2.05) is 7.05 Å². The predicted octanol–water partition coefficient (Wildman–Crippen LogP) is 3.48. The number of nitrogens with zero attached hydrogens (tertiary/aromatic N) is 1. The first-order chi connectivity index (χ1) is 9.72. The number of hydrogen-bond donors (Lipinski definition) is 2. The molecule has 0 spiro atoms. The summed E-state index contributed by atoms with van der Waals surface area (Å²) in [5, 5.41) is 6.69. The van der Waals surface area contributed by atoms with Crippen LogP contribution in [-0.2, 0) is 4.74 Å². The van der Waals surface area contributed by atoms with Crippen molar-refractivity contribution in [3.05, 3.63) is 11.6 Å². The Labute approximate surface area is 147 Å². The second-order valence-corrected chi connectivity index (χ2v) is 5.56. The molecule has 0 aromatic rings. The van der Waals surface area contributed by atoms with Crippen LogP contribution in [0.4, 0.5) is 0 Å².